The van der Waals surface area contributed by atoms with Crippen molar-refractivity contribution < 1.29 is 4.79 Å². The molecule has 2 N–H and O–H groups in total. The van der Waals surface area contributed by atoms with Crippen molar-refractivity contribution in [1.82, 2.24) is 15.2 Å². The number of nitrogens with one attached hydrogen (secondary N) is 2. The SMILES string of the molecule is Cc1ccc(C)c(Nc2ccnc(C(=O)NCCN(C)C)c2)c1. The number of likely N-dealkylation sites (N-methyl/N-ethyl adjacent to an activating group) is 1. The molecule has 5 nitrogen and oxygen atoms in total. The van der Waals surface area contributed by atoms with Crippen molar-refractivity contribution in [2.75, 3.05) is 32.5 Å². The Labute approximate surface area is 137 Å². The first-order valence-corrected chi connectivity index (χ1v) is 7.69. The van der Waals surface area contributed by atoms with Gasteiger partial charge in [-0.2, -0.15) is 0 Å². The average molecular weight is 312 g/mol. The Morgan fingerprint density at radius 3 is 2.70 bits per heavy atom. The minimum atomic E-state index is -0.156. The quantitative estimate of drug-likeness (QED) is 0.861. The molecule has 0 bridgehead atoms. The van der Waals surface area contributed by atoms with Crippen LogP contribution in [0.2, 0.25) is 0 Å². The van der Waals surface area contributed by atoms with Gasteiger partial charge in [0.1, 0.15) is 5.69 Å². The van der Waals surface area contributed by atoms with Gasteiger partial charge in [0.15, 0.2) is 0 Å². The van der Waals surface area contributed by atoms with E-state index in [1.807, 2.05) is 25.1 Å². The molecule has 2 aromatic rings. The molecular formula is C18H24N4O. The third-order valence-corrected chi connectivity index (χ3v) is 3.51. The summed E-state index contributed by atoms with van der Waals surface area (Å²) in [4.78, 5) is 18.3. The van der Waals surface area contributed by atoms with Crippen LogP contribution >= 0.6 is 0 Å². The molecule has 0 unspecified atom stereocenters. The number of amides is 1. The zero-order valence-electron chi connectivity index (χ0n) is 14.2. The lowest BCUT2D eigenvalue weighted by atomic mass is 10.1. The minimum Gasteiger partial charge on any atom is -0.355 e. The van der Waals surface area contributed by atoms with Gasteiger partial charge in [-0.1, -0.05) is 12.1 Å². The summed E-state index contributed by atoms with van der Waals surface area (Å²) in [6.45, 7) is 5.51. The maximum absolute atomic E-state index is 12.1. The van der Waals surface area contributed by atoms with Gasteiger partial charge in [0.05, 0.1) is 0 Å². The molecule has 2 rings (SSSR count). The summed E-state index contributed by atoms with van der Waals surface area (Å²) < 4.78 is 0. The van der Waals surface area contributed by atoms with E-state index in [0.717, 1.165) is 23.5 Å². The summed E-state index contributed by atoms with van der Waals surface area (Å²) in [5, 5.41) is 6.23. The van der Waals surface area contributed by atoms with Crippen LogP contribution in [0, 0.1) is 13.8 Å². The monoisotopic (exact) mass is 312 g/mol. The number of benzene rings is 1. The van der Waals surface area contributed by atoms with Crippen molar-refractivity contribution in [3.63, 3.8) is 0 Å². The fraction of sp³-hybridized carbons (Fsp3) is 0.333. The third kappa shape index (κ3) is 5.07. The lowest BCUT2D eigenvalue weighted by Gasteiger charge is -2.12. The molecule has 0 atom stereocenters. The maximum atomic E-state index is 12.1. The predicted octanol–water partition coefficient (Wildman–Crippen LogP) is 2.73. The van der Waals surface area contributed by atoms with Gasteiger partial charge in [0.25, 0.3) is 5.91 Å². The molecule has 1 aromatic heterocycles. The molecule has 23 heavy (non-hydrogen) atoms. The van der Waals surface area contributed by atoms with Gasteiger partial charge in [0, 0.05) is 30.7 Å². The number of hydrogen-bond donors (Lipinski definition) is 2. The van der Waals surface area contributed by atoms with Gasteiger partial charge in [0.2, 0.25) is 0 Å². The summed E-state index contributed by atoms with van der Waals surface area (Å²) >= 11 is 0. The number of aromatic nitrogens is 1. The molecule has 0 radical (unpaired) electrons. The highest BCUT2D eigenvalue weighted by Crippen LogP contribution is 2.21. The van der Waals surface area contributed by atoms with Crippen molar-refractivity contribution in [2.45, 2.75) is 13.8 Å². The number of carbonyl (C=O) groups excluding carboxylic acids is 1. The van der Waals surface area contributed by atoms with Crippen LogP contribution in [0.25, 0.3) is 0 Å². The van der Waals surface area contributed by atoms with Crippen LogP contribution < -0.4 is 10.6 Å². The standard InChI is InChI=1S/C18H24N4O/c1-13-5-6-14(2)16(11-13)21-15-7-8-19-17(12-15)18(23)20-9-10-22(3)4/h5-8,11-12H,9-10H2,1-4H3,(H,19,21)(H,20,23). The van der Waals surface area contributed by atoms with Crippen LogP contribution in [0.1, 0.15) is 21.6 Å². The lowest BCUT2D eigenvalue weighted by molar-refractivity contribution is 0.0946. The number of pyridine rings is 1. The highest BCUT2D eigenvalue weighted by atomic mass is 16.1. The summed E-state index contributed by atoms with van der Waals surface area (Å²) in [5.74, 6) is -0.156. The molecule has 0 aliphatic heterocycles. The van der Waals surface area contributed by atoms with Gasteiger partial charge in [-0.15, -0.1) is 0 Å². The average Bonchev–Trinajstić information content (AvgIpc) is 2.51. The molecule has 122 valence electrons. The first-order valence-electron chi connectivity index (χ1n) is 7.69. The van der Waals surface area contributed by atoms with Gasteiger partial charge < -0.3 is 15.5 Å². The van der Waals surface area contributed by atoms with E-state index in [1.54, 1.807) is 12.3 Å². The molecule has 0 saturated heterocycles. The Balaban J connectivity index is 2.07. The largest absolute Gasteiger partial charge is 0.355 e. The van der Waals surface area contributed by atoms with Crippen molar-refractivity contribution in [1.29, 1.82) is 0 Å². The molecular weight excluding hydrogens is 288 g/mol. The predicted molar refractivity (Wildman–Crippen MR) is 94.3 cm³/mol. The number of anilines is 2. The molecule has 1 heterocycles. The fourth-order valence-electron chi connectivity index (χ4n) is 2.14. The Morgan fingerprint density at radius 2 is 1.96 bits per heavy atom. The number of rotatable bonds is 6. The van der Waals surface area contributed by atoms with E-state index in [9.17, 15) is 4.79 Å². The second kappa shape index (κ2) is 7.74. The fourth-order valence-corrected chi connectivity index (χ4v) is 2.14. The number of aryl methyl sites for hydroxylation is 2. The van der Waals surface area contributed by atoms with Gasteiger partial charge in [-0.3, -0.25) is 9.78 Å². The Kier molecular flexibility index (Phi) is 5.71. The van der Waals surface area contributed by atoms with Crippen LogP contribution in [-0.2, 0) is 0 Å². The van der Waals surface area contributed by atoms with Crippen LogP contribution in [0.15, 0.2) is 36.5 Å². The molecule has 0 saturated carbocycles. The third-order valence-electron chi connectivity index (χ3n) is 3.51. The Morgan fingerprint density at radius 1 is 1.17 bits per heavy atom. The smallest absolute Gasteiger partial charge is 0.269 e. The maximum Gasteiger partial charge on any atom is 0.269 e. The molecule has 0 fully saturated rings. The molecule has 0 spiro atoms. The van der Waals surface area contributed by atoms with E-state index in [-0.39, 0.29) is 5.91 Å². The zero-order chi connectivity index (χ0) is 16.8. The topological polar surface area (TPSA) is 57.3 Å². The van der Waals surface area contributed by atoms with Gasteiger partial charge in [-0.25, -0.2) is 0 Å². The van der Waals surface area contributed by atoms with Crippen molar-refractivity contribution in [3.8, 4) is 0 Å². The van der Waals surface area contributed by atoms with E-state index in [0.29, 0.717) is 12.2 Å². The molecule has 1 amide bonds. The highest BCUT2D eigenvalue weighted by molar-refractivity contribution is 5.93. The molecule has 0 aliphatic carbocycles. The minimum absolute atomic E-state index is 0.156. The molecule has 1 aromatic carbocycles. The van der Waals surface area contributed by atoms with E-state index in [4.69, 9.17) is 0 Å². The summed E-state index contributed by atoms with van der Waals surface area (Å²) in [5.41, 5.74) is 4.65. The van der Waals surface area contributed by atoms with Gasteiger partial charge in [-0.05, 0) is 57.3 Å². The first kappa shape index (κ1) is 17.0. The van der Waals surface area contributed by atoms with E-state index < -0.39 is 0 Å². The van der Waals surface area contributed by atoms with E-state index in [1.165, 1.54) is 5.56 Å². The summed E-state index contributed by atoms with van der Waals surface area (Å²) in [6.07, 6.45) is 1.65. The highest BCUT2D eigenvalue weighted by Gasteiger charge is 2.08. The van der Waals surface area contributed by atoms with Crippen molar-refractivity contribution in [3.05, 3.63) is 53.3 Å². The summed E-state index contributed by atoms with van der Waals surface area (Å²) in [6, 6.07) is 9.88. The summed E-state index contributed by atoms with van der Waals surface area (Å²) in [7, 11) is 3.94. The van der Waals surface area contributed by atoms with E-state index in [2.05, 4.69) is 47.7 Å². The number of carbonyl (C=O) groups is 1. The Bertz CT molecular complexity index is 682. The number of nitrogens with zero attached hydrogens (tertiary/aromatic N) is 2. The van der Waals surface area contributed by atoms with Crippen molar-refractivity contribution >= 4 is 17.3 Å². The molecule has 5 heteroatoms. The van der Waals surface area contributed by atoms with Crippen LogP contribution in [0.5, 0.6) is 0 Å². The van der Waals surface area contributed by atoms with E-state index >= 15 is 0 Å². The lowest BCUT2D eigenvalue weighted by Crippen LogP contribution is -2.31. The van der Waals surface area contributed by atoms with Crippen LogP contribution in [0.3, 0.4) is 0 Å². The van der Waals surface area contributed by atoms with Gasteiger partial charge >= 0.3 is 0 Å². The molecule has 0 aliphatic rings. The van der Waals surface area contributed by atoms with Crippen LogP contribution in [-0.4, -0.2) is 43.0 Å². The van der Waals surface area contributed by atoms with Crippen LogP contribution in [0.4, 0.5) is 11.4 Å². The van der Waals surface area contributed by atoms with Crippen molar-refractivity contribution in [2.24, 2.45) is 0 Å². The second-order valence-corrected chi connectivity index (χ2v) is 5.93. The number of hydrogen-bond acceptors (Lipinski definition) is 4. The Hall–Kier alpha value is -2.40. The zero-order valence-corrected chi connectivity index (χ0v) is 14.2. The normalized spacial score (nSPS) is 10.7. The second-order valence-electron chi connectivity index (χ2n) is 5.93. The first-order chi connectivity index (χ1) is 11.0.